The lowest BCUT2D eigenvalue weighted by Crippen LogP contribution is -2.26. The molecule has 0 aromatic heterocycles. The van der Waals surface area contributed by atoms with Crippen molar-refractivity contribution in [2.24, 2.45) is 0 Å². The second-order valence-electron chi connectivity index (χ2n) is 4.55. The third-order valence-corrected chi connectivity index (χ3v) is 3.57. The van der Waals surface area contributed by atoms with Gasteiger partial charge in [-0.1, -0.05) is 19.1 Å². The highest BCUT2D eigenvalue weighted by atomic mass is 32.1. The predicted molar refractivity (Wildman–Crippen MR) is 82.2 cm³/mol. The maximum atomic E-state index is 13.2. The first-order valence-corrected chi connectivity index (χ1v) is 6.83. The van der Waals surface area contributed by atoms with E-state index in [9.17, 15) is 9.18 Å². The Bertz CT molecular complexity index is 625. The van der Waals surface area contributed by atoms with Crippen LogP contribution in [-0.4, -0.2) is 13.0 Å². The molecule has 104 valence electrons. The quantitative estimate of drug-likeness (QED) is 0.848. The van der Waals surface area contributed by atoms with Gasteiger partial charge in [0.05, 0.1) is 0 Å². The van der Waals surface area contributed by atoms with Crippen LogP contribution in [0.15, 0.2) is 47.4 Å². The zero-order valence-corrected chi connectivity index (χ0v) is 12.3. The highest BCUT2D eigenvalue weighted by Gasteiger charge is 2.14. The van der Waals surface area contributed by atoms with Gasteiger partial charge in [0, 0.05) is 23.2 Å². The molecule has 0 spiro atoms. The summed E-state index contributed by atoms with van der Waals surface area (Å²) in [6.45, 7) is 2.08. The van der Waals surface area contributed by atoms with E-state index in [0.717, 1.165) is 12.1 Å². The summed E-state index contributed by atoms with van der Waals surface area (Å²) in [6.07, 6.45) is 0.957. The van der Waals surface area contributed by atoms with Gasteiger partial charge in [-0.15, -0.1) is 12.6 Å². The predicted octanol–water partition coefficient (Wildman–Crippen LogP) is 3.95. The molecular weight excluding hydrogens is 273 g/mol. The van der Waals surface area contributed by atoms with Gasteiger partial charge in [0.2, 0.25) is 0 Å². The van der Waals surface area contributed by atoms with E-state index in [4.69, 9.17) is 0 Å². The summed E-state index contributed by atoms with van der Waals surface area (Å²) in [6, 6.07) is 12.0. The summed E-state index contributed by atoms with van der Waals surface area (Å²) in [5, 5.41) is 0. The molecule has 2 rings (SSSR count). The fourth-order valence-electron chi connectivity index (χ4n) is 1.91. The third-order valence-electron chi connectivity index (χ3n) is 3.23. The number of rotatable bonds is 3. The molecule has 0 heterocycles. The first-order valence-electron chi connectivity index (χ1n) is 6.38. The Morgan fingerprint density at radius 1 is 1.20 bits per heavy atom. The fraction of sp³-hybridized carbons (Fsp3) is 0.188. The van der Waals surface area contributed by atoms with Crippen LogP contribution < -0.4 is 4.90 Å². The number of halogens is 1. The van der Waals surface area contributed by atoms with Gasteiger partial charge < -0.3 is 4.90 Å². The Kier molecular flexibility index (Phi) is 4.45. The molecule has 20 heavy (non-hydrogen) atoms. The van der Waals surface area contributed by atoms with Crippen molar-refractivity contribution in [2.75, 3.05) is 11.9 Å². The maximum Gasteiger partial charge on any atom is 0.258 e. The molecule has 0 saturated heterocycles. The first kappa shape index (κ1) is 14.6. The molecular formula is C16H16FNOS. The van der Waals surface area contributed by atoms with Crippen molar-refractivity contribution in [3.8, 4) is 0 Å². The molecule has 4 heteroatoms. The van der Waals surface area contributed by atoms with Gasteiger partial charge in [-0.05, 0) is 42.3 Å². The van der Waals surface area contributed by atoms with E-state index in [0.29, 0.717) is 5.56 Å². The molecule has 0 fully saturated rings. The lowest BCUT2D eigenvalue weighted by molar-refractivity contribution is 0.0992. The molecule has 1 amide bonds. The average molecular weight is 289 g/mol. The Balaban J connectivity index is 2.24. The Morgan fingerprint density at radius 3 is 2.40 bits per heavy atom. The average Bonchev–Trinajstić information content (AvgIpc) is 2.48. The van der Waals surface area contributed by atoms with Crippen LogP contribution >= 0.6 is 12.6 Å². The molecule has 0 aliphatic carbocycles. The normalized spacial score (nSPS) is 10.4. The third kappa shape index (κ3) is 3.02. The van der Waals surface area contributed by atoms with Crippen LogP contribution in [0.4, 0.5) is 10.1 Å². The summed E-state index contributed by atoms with van der Waals surface area (Å²) >= 11 is 4.00. The Hall–Kier alpha value is -1.81. The van der Waals surface area contributed by atoms with Crippen molar-refractivity contribution < 1.29 is 9.18 Å². The maximum absolute atomic E-state index is 13.2. The highest BCUT2D eigenvalue weighted by molar-refractivity contribution is 7.80. The minimum Gasteiger partial charge on any atom is -0.311 e. The van der Waals surface area contributed by atoms with Crippen LogP contribution in [0.25, 0.3) is 0 Å². The number of anilines is 1. The number of carbonyl (C=O) groups is 1. The van der Waals surface area contributed by atoms with E-state index in [1.807, 2.05) is 24.3 Å². The van der Waals surface area contributed by atoms with E-state index in [2.05, 4.69) is 19.6 Å². The van der Waals surface area contributed by atoms with Gasteiger partial charge in [0.1, 0.15) is 5.82 Å². The van der Waals surface area contributed by atoms with Crippen molar-refractivity contribution in [3.05, 3.63) is 59.4 Å². The summed E-state index contributed by atoms with van der Waals surface area (Å²) in [5.41, 5.74) is 2.43. The molecule has 2 nitrogen and oxygen atoms in total. The van der Waals surface area contributed by atoms with Gasteiger partial charge in [0.25, 0.3) is 5.91 Å². The minimum atomic E-state index is -0.431. The minimum absolute atomic E-state index is 0.172. The molecule has 0 atom stereocenters. The molecule has 2 aromatic rings. The van der Waals surface area contributed by atoms with Crippen LogP contribution in [0, 0.1) is 5.82 Å². The lowest BCUT2D eigenvalue weighted by atomic mass is 10.1. The van der Waals surface area contributed by atoms with Crippen LogP contribution in [0.1, 0.15) is 22.8 Å². The van der Waals surface area contributed by atoms with Gasteiger partial charge in [-0.2, -0.15) is 0 Å². The summed E-state index contributed by atoms with van der Waals surface area (Å²) in [5.74, 6) is -0.621. The van der Waals surface area contributed by atoms with Crippen LogP contribution in [-0.2, 0) is 6.42 Å². The van der Waals surface area contributed by atoms with Crippen molar-refractivity contribution >= 4 is 24.2 Å². The molecule has 0 bridgehead atoms. The molecule has 0 saturated carbocycles. The van der Waals surface area contributed by atoms with E-state index in [-0.39, 0.29) is 10.8 Å². The van der Waals surface area contributed by atoms with Gasteiger partial charge >= 0.3 is 0 Å². The number of aryl methyl sites for hydroxylation is 1. The van der Waals surface area contributed by atoms with Crippen LogP contribution in [0.5, 0.6) is 0 Å². The van der Waals surface area contributed by atoms with Crippen molar-refractivity contribution in [1.82, 2.24) is 0 Å². The molecule has 2 aromatic carbocycles. The second-order valence-corrected chi connectivity index (χ2v) is 5.03. The van der Waals surface area contributed by atoms with Gasteiger partial charge in [-0.25, -0.2) is 4.39 Å². The van der Waals surface area contributed by atoms with Crippen molar-refractivity contribution in [3.63, 3.8) is 0 Å². The molecule has 0 unspecified atom stereocenters. The second kappa shape index (κ2) is 6.09. The largest absolute Gasteiger partial charge is 0.311 e. The SMILES string of the molecule is CCc1ccc(N(C)C(=O)c2ccc(F)c(S)c2)cc1. The number of carbonyl (C=O) groups excluding carboxylic acids is 1. The fourth-order valence-corrected chi connectivity index (χ4v) is 2.13. The summed E-state index contributed by atoms with van der Waals surface area (Å²) in [4.78, 5) is 14.0. The van der Waals surface area contributed by atoms with E-state index in [1.54, 1.807) is 11.9 Å². The highest BCUT2D eigenvalue weighted by Crippen LogP contribution is 2.19. The topological polar surface area (TPSA) is 20.3 Å². The van der Waals surface area contributed by atoms with Gasteiger partial charge in [-0.3, -0.25) is 4.79 Å². The monoisotopic (exact) mass is 289 g/mol. The molecule has 0 N–H and O–H groups in total. The molecule has 0 radical (unpaired) electrons. The number of hydrogen-bond donors (Lipinski definition) is 1. The van der Waals surface area contributed by atoms with Crippen molar-refractivity contribution in [2.45, 2.75) is 18.2 Å². The number of thiol groups is 1. The number of nitrogens with zero attached hydrogens (tertiary/aromatic N) is 1. The molecule has 0 aliphatic rings. The van der Waals surface area contributed by atoms with Crippen LogP contribution in [0.2, 0.25) is 0 Å². The zero-order valence-electron chi connectivity index (χ0n) is 11.4. The summed E-state index contributed by atoms with van der Waals surface area (Å²) < 4.78 is 13.2. The number of benzene rings is 2. The smallest absolute Gasteiger partial charge is 0.258 e. The first-order chi connectivity index (χ1) is 9.52. The van der Waals surface area contributed by atoms with E-state index >= 15 is 0 Å². The van der Waals surface area contributed by atoms with E-state index in [1.165, 1.54) is 23.8 Å². The molecule has 0 aliphatic heterocycles. The van der Waals surface area contributed by atoms with E-state index < -0.39 is 5.82 Å². The van der Waals surface area contributed by atoms with Gasteiger partial charge in [0.15, 0.2) is 0 Å². The number of amides is 1. The van der Waals surface area contributed by atoms with Crippen LogP contribution in [0.3, 0.4) is 0 Å². The Labute approximate surface area is 123 Å². The lowest BCUT2D eigenvalue weighted by Gasteiger charge is -2.18. The van der Waals surface area contributed by atoms with Crippen molar-refractivity contribution in [1.29, 1.82) is 0 Å². The zero-order chi connectivity index (χ0) is 14.7. The Morgan fingerprint density at radius 2 is 1.85 bits per heavy atom. The summed E-state index contributed by atoms with van der Waals surface area (Å²) in [7, 11) is 1.70. The standard InChI is InChI=1S/C16H16FNOS/c1-3-11-4-7-13(8-5-11)18(2)16(19)12-6-9-14(17)15(20)10-12/h4-10,20H,3H2,1-2H3. The number of hydrogen-bond acceptors (Lipinski definition) is 2.